The lowest BCUT2D eigenvalue weighted by Gasteiger charge is -2.38. The van der Waals surface area contributed by atoms with E-state index in [1.165, 1.54) is 5.38 Å². The van der Waals surface area contributed by atoms with Crippen molar-refractivity contribution in [2.45, 2.75) is 29.0 Å². The van der Waals surface area contributed by atoms with E-state index >= 15 is 0 Å². The Labute approximate surface area is 113 Å². The van der Waals surface area contributed by atoms with Gasteiger partial charge in [0.2, 0.25) is 10.0 Å². The minimum Gasteiger partial charge on any atom is -0.480 e. The topological polar surface area (TPSA) is 127 Å². The molecule has 0 aliphatic heterocycles. The number of rotatable bonds is 4. The maximum absolute atomic E-state index is 11.9. The van der Waals surface area contributed by atoms with E-state index in [2.05, 4.69) is 5.32 Å². The molecule has 0 bridgehead atoms. The van der Waals surface area contributed by atoms with Crippen LogP contribution in [-0.2, 0) is 14.8 Å². The Balaban J connectivity index is 2.17. The number of hydrogen-bond acceptors (Lipinski definition) is 5. The number of amides is 1. The Morgan fingerprint density at radius 3 is 2.42 bits per heavy atom. The van der Waals surface area contributed by atoms with Crippen LogP contribution >= 0.6 is 11.3 Å². The number of sulfonamides is 1. The van der Waals surface area contributed by atoms with Crippen LogP contribution in [0.15, 0.2) is 15.7 Å². The van der Waals surface area contributed by atoms with Crippen LogP contribution in [0.3, 0.4) is 0 Å². The lowest BCUT2D eigenvalue weighted by atomic mass is 9.76. The van der Waals surface area contributed by atoms with E-state index in [1.54, 1.807) is 0 Å². The Morgan fingerprint density at radius 2 is 2.05 bits per heavy atom. The number of carbonyl (C=O) groups excluding carboxylic acids is 1. The van der Waals surface area contributed by atoms with Gasteiger partial charge in [-0.3, -0.25) is 4.79 Å². The molecule has 104 valence electrons. The second kappa shape index (κ2) is 4.58. The van der Waals surface area contributed by atoms with E-state index in [1.807, 2.05) is 0 Å². The Morgan fingerprint density at radius 1 is 1.42 bits per heavy atom. The predicted molar refractivity (Wildman–Crippen MR) is 67.4 cm³/mol. The summed E-state index contributed by atoms with van der Waals surface area (Å²) in [4.78, 5) is 23.0. The van der Waals surface area contributed by atoms with Crippen molar-refractivity contribution in [1.82, 2.24) is 5.32 Å². The van der Waals surface area contributed by atoms with Crippen LogP contribution in [0, 0.1) is 0 Å². The molecule has 1 heterocycles. The highest BCUT2D eigenvalue weighted by atomic mass is 32.2. The number of carbonyl (C=O) groups is 2. The molecule has 0 radical (unpaired) electrons. The largest absolute Gasteiger partial charge is 0.480 e. The second-order valence-electron chi connectivity index (χ2n) is 4.39. The van der Waals surface area contributed by atoms with E-state index in [0.29, 0.717) is 12.8 Å². The normalized spacial score (nSPS) is 17.5. The van der Waals surface area contributed by atoms with E-state index in [4.69, 9.17) is 10.2 Å². The molecule has 19 heavy (non-hydrogen) atoms. The van der Waals surface area contributed by atoms with Gasteiger partial charge in [0.25, 0.3) is 5.91 Å². The number of hydrogen-bond donors (Lipinski definition) is 3. The van der Waals surface area contributed by atoms with Crippen molar-refractivity contribution < 1.29 is 23.1 Å². The number of aliphatic carboxylic acids is 1. The first-order valence-corrected chi connectivity index (χ1v) is 7.84. The van der Waals surface area contributed by atoms with Crippen molar-refractivity contribution in [3.05, 3.63) is 17.0 Å². The van der Waals surface area contributed by atoms with Crippen LogP contribution in [0.4, 0.5) is 0 Å². The van der Waals surface area contributed by atoms with Gasteiger partial charge in [-0.15, -0.1) is 11.3 Å². The zero-order chi connectivity index (χ0) is 14.3. The van der Waals surface area contributed by atoms with Gasteiger partial charge in [-0.25, -0.2) is 18.4 Å². The van der Waals surface area contributed by atoms with Gasteiger partial charge in [0.15, 0.2) is 0 Å². The zero-order valence-electron chi connectivity index (χ0n) is 9.75. The first-order chi connectivity index (χ1) is 8.74. The molecule has 2 rings (SSSR count). The molecule has 1 amide bonds. The first kappa shape index (κ1) is 14.0. The van der Waals surface area contributed by atoms with Crippen molar-refractivity contribution in [3.63, 3.8) is 0 Å². The average Bonchev–Trinajstić information content (AvgIpc) is 2.70. The molecule has 1 aromatic rings. The molecule has 1 aliphatic rings. The third-order valence-corrected chi connectivity index (χ3v) is 5.47. The minimum absolute atomic E-state index is 0.0987. The fraction of sp³-hybridized carbons (Fsp3) is 0.400. The summed E-state index contributed by atoms with van der Waals surface area (Å²) < 4.78 is 22.1. The molecular weight excluding hydrogens is 292 g/mol. The van der Waals surface area contributed by atoms with E-state index in [0.717, 1.165) is 23.8 Å². The van der Waals surface area contributed by atoms with E-state index < -0.39 is 27.4 Å². The molecule has 0 aromatic carbocycles. The highest BCUT2D eigenvalue weighted by molar-refractivity contribution is 7.91. The summed E-state index contributed by atoms with van der Waals surface area (Å²) in [5.74, 6) is -1.68. The molecule has 9 heteroatoms. The summed E-state index contributed by atoms with van der Waals surface area (Å²) in [5.41, 5.74) is -1.12. The molecule has 1 saturated carbocycles. The average molecular weight is 304 g/mol. The monoisotopic (exact) mass is 304 g/mol. The number of thiophene rings is 1. The summed E-state index contributed by atoms with van der Waals surface area (Å²) in [6.45, 7) is 0. The van der Waals surface area contributed by atoms with Gasteiger partial charge in [0, 0.05) is 5.38 Å². The van der Waals surface area contributed by atoms with Gasteiger partial charge in [0.05, 0.1) is 5.56 Å². The Hall–Kier alpha value is -1.45. The van der Waals surface area contributed by atoms with Crippen molar-refractivity contribution in [1.29, 1.82) is 0 Å². The lowest BCUT2D eigenvalue weighted by Crippen LogP contribution is -2.59. The zero-order valence-corrected chi connectivity index (χ0v) is 11.4. The third-order valence-electron chi connectivity index (χ3n) is 3.09. The number of nitrogens with two attached hydrogens (primary N) is 1. The van der Waals surface area contributed by atoms with Gasteiger partial charge >= 0.3 is 5.97 Å². The van der Waals surface area contributed by atoms with Crippen LogP contribution in [0.5, 0.6) is 0 Å². The van der Waals surface area contributed by atoms with Gasteiger partial charge in [-0.2, -0.15) is 0 Å². The van der Waals surface area contributed by atoms with Crippen LogP contribution in [0.1, 0.15) is 29.6 Å². The van der Waals surface area contributed by atoms with Crippen molar-refractivity contribution >= 4 is 33.2 Å². The summed E-state index contributed by atoms with van der Waals surface area (Å²) >= 11 is 0.824. The number of carboxylic acid groups (broad SMARTS) is 1. The highest BCUT2D eigenvalue weighted by Crippen LogP contribution is 2.32. The van der Waals surface area contributed by atoms with Crippen LogP contribution in [0.25, 0.3) is 0 Å². The molecule has 0 saturated heterocycles. The smallest absolute Gasteiger partial charge is 0.329 e. The van der Waals surface area contributed by atoms with Gasteiger partial charge in [-0.1, -0.05) is 0 Å². The highest BCUT2D eigenvalue weighted by Gasteiger charge is 2.45. The van der Waals surface area contributed by atoms with Crippen molar-refractivity contribution in [2.24, 2.45) is 5.14 Å². The van der Waals surface area contributed by atoms with Crippen LogP contribution in [0.2, 0.25) is 0 Å². The van der Waals surface area contributed by atoms with Crippen LogP contribution < -0.4 is 10.5 Å². The number of nitrogens with one attached hydrogen (secondary N) is 1. The van der Waals surface area contributed by atoms with Gasteiger partial charge in [-0.05, 0) is 25.3 Å². The standard InChI is InChI=1S/C10H12N2O5S2/c11-19(16,17)7-4-6(5-18-7)8(13)12-10(9(14)15)2-1-3-10/h4-5H,1-3H2,(H,12,13)(H,14,15)(H2,11,16,17). The summed E-state index contributed by atoms with van der Waals surface area (Å²) in [6.07, 6.45) is 1.49. The van der Waals surface area contributed by atoms with Crippen molar-refractivity contribution in [2.75, 3.05) is 0 Å². The molecule has 1 aromatic heterocycles. The van der Waals surface area contributed by atoms with Crippen molar-refractivity contribution in [3.8, 4) is 0 Å². The number of primary sulfonamides is 1. The molecule has 4 N–H and O–H groups in total. The molecule has 0 unspecified atom stereocenters. The SMILES string of the molecule is NS(=O)(=O)c1cc(C(=O)NC2(C(=O)O)CCC2)cs1. The Kier molecular flexibility index (Phi) is 3.37. The van der Waals surface area contributed by atoms with Gasteiger partial charge < -0.3 is 10.4 Å². The molecule has 1 aliphatic carbocycles. The Bertz CT molecular complexity index is 630. The van der Waals surface area contributed by atoms with E-state index in [-0.39, 0.29) is 9.77 Å². The first-order valence-electron chi connectivity index (χ1n) is 5.42. The fourth-order valence-corrected chi connectivity index (χ4v) is 3.38. The summed E-state index contributed by atoms with van der Waals surface area (Å²) in [5, 5.41) is 17.8. The fourth-order valence-electron chi connectivity index (χ4n) is 1.80. The molecule has 1 fully saturated rings. The predicted octanol–water partition coefficient (Wildman–Crippen LogP) is 0.133. The van der Waals surface area contributed by atoms with Gasteiger partial charge in [0.1, 0.15) is 9.75 Å². The summed E-state index contributed by atoms with van der Waals surface area (Å²) in [7, 11) is -3.84. The summed E-state index contributed by atoms with van der Waals surface area (Å²) in [6, 6.07) is 1.14. The quantitative estimate of drug-likeness (QED) is 0.729. The maximum Gasteiger partial charge on any atom is 0.329 e. The molecule has 0 spiro atoms. The third kappa shape index (κ3) is 2.62. The molecule has 0 atom stereocenters. The number of carboxylic acids is 1. The molecule has 7 nitrogen and oxygen atoms in total. The van der Waals surface area contributed by atoms with E-state index in [9.17, 15) is 18.0 Å². The molecular formula is C10H12N2O5S2. The lowest BCUT2D eigenvalue weighted by molar-refractivity contribution is -0.148. The van der Waals surface area contributed by atoms with Crippen LogP contribution in [-0.4, -0.2) is 30.9 Å². The maximum atomic E-state index is 11.9. The minimum atomic E-state index is -3.84. The second-order valence-corrected chi connectivity index (χ2v) is 7.09.